The van der Waals surface area contributed by atoms with E-state index in [-0.39, 0.29) is 24.8 Å². The van der Waals surface area contributed by atoms with Gasteiger partial charge in [-0.25, -0.2) is 0 Å². The van der Waals surface area contributed by atoms with Gasteiger partial charge in [-0.05, 0) is 0 Å². The largest absolute Gasteiger partial charge is 1.00 e. The molecule has 210 valence electrons. The Bertz CT molecular complexity index is 1480. The average Bonchev–Trinajstić information content (AvgIpc) is 3.20. The van der Waals surface area contributed by atoms with Crippen LogP contribution in [0.5, 0.6) is 5.75 Å². The first kappa shape index (κ1) is 33.4. The minimum Gasteiger partial charge on any atom is -1.00 e. The Morgan fingerprint density at radius 2 is 1.15 bits per heavy atom. The van der Waals surface area contributed by atoms with Crippen molar-refractivity contribution in [3.05, 3.63) is 90.0 Å². The van der Waals surface area contributed by atoms with Crippen LogP contribution in [0.4, 0.5) is 0 Å². The molecule has 0 unspecified atom stereocenters. The fraction of sp³-hybridized carbons (Fsp3) is 0.333. The second-order valence-electron chi connectivity index (χ2n) is 12.8. The Kier molecular flexibility index (Phi) is 10.9. The minimum atomic E-state index is -2.05. The Morgan fingerprint density at radius 3 is 1.62 bits per heavy atom. The van der Waals surface area contributed by atoms with E-state index in [2.05, 4.69) is 132 Å². The molecule has 1 nitrogen and oxygen atoms in total. The van der Waals surface area contributed by atoms with Gasteiger partial charge in [0.1, 0.15) is 0 Å². The molecule has 0 amide bonds. The Morgan fingerprint density at radius 1 is 0.650 bits per heavy atom. The van der Waals surface area contributed by atoms with Crippen molar-refractivity contribution in [2.45, 2.75) is 69.4 Å². The summed E-state index contributed by atoms with van der Waals surface area (Å²) in [5.41, 5.74) is 6.11. The molecule has 0 atom stereocenters. The zero-order chi connectivity index (χ0) is 27.2. The number of hydrogen-bond donors (Lipinski definition) is 0. The molecule has 7 heteroatoms. The molecule has 0 spiro atoms. The summed E-state index contributed by atoms with van der Waals surface area (Å²) in [5, 5.41) is 5.69. The van der Waals surface area contributed by atoms with Gasteiger partial charge in [0.25, 0.3) is 0 Å². The SMILES string of the molecule is CC[Si](CC)=[Ti+2]([O]c1ccc2ccccc2c1)[CH]1c2ccc([Si](C)(C)C)cc2-c2cc([Si](C)(C)C)ccc21.[Cl-].[Cl-]. The van der Waals surface area contributed by atoms with Gasteiger partial charge in [-0.15, -0.1) is 0 Å². The Balaban J connectivity index is 0.00000220. The van der Waals surface area contributed by atoms with Crippen molar-refractivity contribution in [2.75, 3.05) is 0 Å². The van der Waals surface area contributed by atoms with Gasteiger partial charge >= 0.3 is 240 Å². The van der Waals surface area contributed by atoms with Crippen LogP contribution < -0.4 is 38.5 Å². The zero-order valence-electron chi connectivity index (χ0n) is 25.2. The molecule has 0 saturated heterocycles. The first-order valence-electron chi connectivity index (χ1n) is 14.2. The monoisotopic (exact) mass is 656 g/mol. The summed E-state index contributed by atoms with van der Waals surface area (Å²) in [5.74, 6) is 1.08. The maximum atomic E-state index is 7.29. The van der Waals surface area contributed by atoms with Crippen LogP contribution in [-0.2, 0) is 17.0 Å². The minimum absolute atomic E-state index is 0. The number of hydrogen-bond acceptors (Lipinski definition) is 1. The van der Waals surface area contributed by atoms with Gasteiger partial charge in [0.05, 0.1) is 0 Å². The summed E-state index contributed by atoms with van der Waals surface area (Å²) in [6, 6.07) is 33.0. The maximum absolute atomic E-state index is 7.29. The smallest absolute Gasteiger partial charge is 1.00 e. The van der Waals surface area contributed by atoms with Crippen molar-refractivity contribution >= 4 is 43.5 Å². The third kappa shape index (κ3) is 6.59. The van der Waals surface area contributed by atoms with Gasteiger partial charge in [0.15, 0.2) is 0 Å². The molecule has 0 fully saturated rings. The number of halogens is 2. The van der Waals surface area contributed by atoms with Crippen LogP contribution in [0.3, 0.4) is 0 Å². The molecular formula is C33H42Cl2OSi3Ti. The molecule has 0 heterocycles. The topological polar surface area (TPSA) is 9.23 Å². The van der Waals surface area contributed by atoms with E-state index in [0.29, 0.717) is 4.22 Å². The zero-order valence-corrected chi connectivity index (χ0v) is 31.2. The van der Waals surface area contributed by atoms with Crippen LogP contribution in [0, 0.1) is 0 Å². The van der Waals surface area contributed by atoms with E-state index in [4.69, 9.17) is 3.32 Å². The molecule has 40 heavy (non-hydrogen) atoms. The molecule has 0 saturated carbocycles. The summed E-state index contributed by atoms with van der Waals surface area (Å²) < 4.78 is 7.74. The predicted octanol–water partition coefficient (Wildman–Crippen LogP) is 2.65. The van der Waals surface area contributed by atoms with Gasteiger partial charge in [0, 0.05) is 0 Å². The van der Waals surface area contributed by atoms with E-state index < -0.39 is 39.3 Å². The fourth-order valence-corrected chi connectivity index (χ4v) is 19.9. The third-order valence-electron chi connectivity index (χ3n) is 8.16. The molecule has 0 bridgehead atoms. The van der Waals surface area contributed by atoms with Crippen molar-refractivity contribution in [3.63, 3.8) is 0 Å². The van der Waals surface area contributed by atoms with Crippen LogP contribution in [0.1, 0.15) is 29.2 Å². The summed E-state index contributed by atoms with van der Waals surface area (Å²) in [7, 11) is -2.84. The van der Waals surface area contributed by atoms with Gasteiger partial charge < -0.3 is 24.8 Å². The van der Waals surface area contributed by atoms with Crippen LogP contribution in [0.15, 0.2) is 78.9 Å². The third-order valence-corrected chi connectivity index (χ3v) is 25.3. The fourth-order valence-electron chi connectivity index (χ4n) is 5.76. The van der Waals surface area contributed by atoms with Gasteiger partial charge in [-0.1, -0.05) is 0 Å². The molecule has 0 N–H and O–H groups in total. The van der Waals surface area contributed by atoms with Crippen molar-refractivity contribution in [3.8, 4) is 16.9 Å². The van der Waals surface area contributed by atoms with E-state index in [1.165, 1.54) is 34.0 Å². The van der Waals surface area contributed by atoms with Crippen molar-refractivity contribution in [1.82, 2.24) is 0 Å². The summed E-state index contributed by atoms with van der Waals surface area (Å²) in [6.07, 6.45) is -0.592. The molecule has 5 rings (SSSR count). The summed E-state index contributed by atoms with van der Waals surface area (Å²) in [4.78, 5) is 0. The molecular weight excluding hydrogens is 615 g/mol. The van der Waals surface area contributed by atoms with E-state index >= 15 is 0 Å². The van der Waals surface area contributed by atoms with Crippen molar-refractivity contribution in [2.24, 2.45) is 0 Å². The molecule has 0 aromatic heterocycles. The van der Waals surface area contributed by atoms with Gasteiger partial charge in [-0.3, -0.25) is 0 Å². The predicted molar refractivity (Wildman–Crippen MR) is 171 cm³/mol. The molecule has 4 aromatic carbocycles. The van der Waals surface area contributed by atoms with E-state index in [1.54, 1.807) is 21.5 Å². The molecule has 1 aliphatic rings. The van der Waals surface area contributed by atoms with E-state index in [1.807, 2.05) is 0 Å². The quantitative estimate of drug-likeness (QED) is 0.278. The molecule has 0 aliphatic heterocycles. The first-order valence-corrected chi connectivity index (χ1v) is 27.0. The molecule has 4 aromatic rings. The summed E-state index contributed by atoms with van der Waals surface area (Å²) >= 11 is -2.05. The van der Waals surface area contributed by atoms with Crippen molar-refractivity contribution < 1.29 is 45.1 Å². The van der Waals surface area contributed by atoms with Crippen molar-refractivity contribution in [1.29, 1.82) is 0 Å². The molecule has 1 aliphatic carbocycles. The first-order chi connectivity index (χ1) is 18.0. The second kappa shape index (κ2) is 13.0. The molecule has 0 radical (unpaired) electrons. The maximum Gasteiger partial charge on any atom is -1.00 e. The van der Waals surface area contributed by atoms with Gasteiger partial charge in [0.2, 0.25) is 0 Å². The summed E-state index contributed by atoms with van der Waals surface area (Å²) in [6.45, 7) is 19.6. The number of benzene rings is 4. The number of rotatable bonds is 7. The average molecular weight is 658 g/mol. The van der Waals surface area contributed by atoms with E-state index in [9.17, 15) is 0 Å². The number of fused-ring (bicyclic) bond motifs is 4. The van der Waals surface area contributed by atoms with Crippen LogP contribution in [-0.4, -0.2) is 22.3 Å². The van der Waals surface area contributed by atoms with Gasteiger partial charge in [-0.2, -0.15) is 0 Å². The second-order valence-corrected chi connectivity index (χ2v) is 33.3. The van der Waals surface area contributed by atoms with Crippen LogP contribution in [0.2, 0.25) is 51.4 Å². The normalized spacial score (nSPS) is 12.5. The standard InChI is InChI=1S/C19H25Si2.C10H8O.C4H10Si.2ClH.Ti/c1-20(2,3)16-9-7-14-11-15-8-10-17(21(4,5)6)13-19(15)18(14)12-16;11-10-6-5-8-3-1-2-4-9(8)7-10;1-3-5-4-2;;;/h7-13H,1-6H3;1-7,11H;3-4H2,1-2H3;2*1H;/q;;;;;+3/p-3. The Hall–Kier alpha value is -1.12. The van der Waals surface area contributed by atoms with Crippen LogP contribution in [0.25, 0.3) is 21.9 Å². The van der Waals surface area contributed by atoms with E-state index in [0.717, 1.165) is 5.75 Å². The van der Waals surface area contributed by atoms with Crippen LogP contribution >= 0.6 is 0 Å². The Labute approximate surface area is 263 Å².